The van der Waals surface area contributed by atoms with Gasteiger partial charge in [-0.05, 0) is 61.0 Å². The van der Waals surface area contributed by atoms with Crippen molar-refractivity contribution in [1.29, 1.82) is 0 Å². The quantitative estimate of drug-likeness (QED) is 0.392. The van der Waals surface area contributed by atoms with Gasteiger partial charge in [0.05, 0.1) is 13.2 Å². The Morgan fingerprint density at radius 1 is 1.03 bits per heavy atom. The molecule has 0 spiro atoms. The van der Waals surface area contributed by atoms with Gasteiger partial charge in [0.15, 0.2) is 5.76 Å². The van der Waals surface area contributed by atoms with Gasteiger partial charge in [-0.1, -0.05) is 23.7 Å². The number of halogens is 1. The van der Waals surface area contributed by atoms with Crippen molar-refractivity contribution in [1.82, 2.24) is 14.8 Å². The van der Waals surface area contributed by atoms with E-state index in [2.05, 4.69) is 15.4 Å². The number of nitrogens with one attached hydrogen (secondary N) is 1. The van der Waals surface area contributed by atoms with E-state index in [1.807, 2.05) is 55.5 Å². The Morgan fingerprint density at radius 3 is 2.47 bits per heavy atom. The van der Waals surface area contributed by atoms with Crippen molar-refractivity contribution >= 4 is 23.5 Å². The molecule has 0 radical (unpaired) electrons. The van der Waals surface area contributed by atoms with Crippen LogP contribution in [0.3, 0.4) is 0 Å². The number of benzene rings is 2. The van der Waals surface area contributed by atoms with E-state index in [4.69, 9.17) is 25.5 Å². The van der Waals surface area contributed by atoms with Gasteiger partial charge in [-0.25, -0.2) is 9.67 Å². The van der Waals surface area contributed by atoms with Crippen molar-refractivity contribution in [2.45, 2.75) is 20.1 Å². The van der Waals surface area contributed by atoms with E-state index in [1.165, 1.54) is 0 Å². The number of hydrogen-bond donors (Lipinski definition) is 1. The van der Waals surface area contributed by atoms with Gasteiger partial charge in [0.1, 0.15) is 30.2 Å². The van der Waals surface area contributed by atoms with E-state index in [0.717, 1.165) is 11.3 Å². The van der Waals surface area contributed by atoms with Crippen molar-refractivity contribution < 1.29 is 18.7 Å². The maximum Gasteiger partial charge on any atom is 0.293 e. The number of carbonyl (C=O) groups excluding carboxylic acids is 1. The SMILES string of the molecule is CCOc1ccc(OCc2ccc(C(=O)Nc3ncn(Cc4ccc(Cl)cc4)n3)o2)cc1. The fourth-order valence-corrected chi connectivity index (χ4v) is 3.02. The van der Waals surface area contributed by atoms with Crippen LogP contribution in [0.15, 0.2) is 71.4 Å². The summed E-state index contributed by atoms with van der Waals surface area (Å²) in [7, 11) is 0. The molecule has 2 aromatic heterocycles. The zero-order valence-corrected chi connectivity index (χ0v) is 18.1. The van der Waals surface area contributed by atoms with E-state index in [-0.39, 0.29) is 18.3 Å². The Morgan fingerprint density at radius 2 is 1.75 bits per heavy atom. The van der Waals surface area contributed by atoms with E-state index >= 15 is 0 Å². The number of hydrogen-bond acceptors (Lipinski definition) is 6. The molecule has 0 fully saturated rings. The summed E-state index contributed by atoms with van der Waals surface area (Å²) in [5, 5.41) is 7.56. The molecule has 0 aliphatic heterocycles. The molecule has 9 heteroatoms. The van der Waals surface area contributed by atoms with Crippen molar-refractivity contribution in [3.63, 3.8) is 0 Å². The second-order valence-corrected chi connectivity index (χ2v) is 7.24. The second-order valence-electron chi connectivity index (χ2n) is 6.81. The predicted octanol–water partition coefficient (Wildman–Crippen LogP) is 4.80. The Hall–Kier alpha value is -3.78. The van der Waals surface area contributed by atoms with Gasteiger partial charge in [-0.3, -0.25) is 10.1 Å². The number of furan rings is 1. The molecular formula is C23H21ClN4O4. The molecule has 2 aromatic carbocycles. The van der Waals surface area contributed by atoms with E-state index < -0.39 is 5.91 Å². The van der Waals surface area contributed by atoms with E-state index in [9.17, 15) is 4.79 Å². The third kappa shape index (κ3) is 5.67. The van der Waals surface area contributed by atoms with Gasteiger partial charge < -0.3 is 13.9 Å². The van der Waals surface area contributed by atoms with Crippen LogP contribution in [0.5, 0.6) is 11.5 Å². The highest BCUT2D eigenvalue weighted by Crippen LogP contribution is 2.19. The average Bonchev–Trinajstić information content (AvgIpc) is 3.45. The van der Waals surface area contributed by atoms with Gasteiger partial charge in [0.2, 0.25) is 5.95 Å². The largest absolute Gasteiger partial charge is 0.494 e. The molecule has 8 nitrogen and oxygen atoms in total. The minimum absolute atomic E-state index is 0.143. The fourth-order valence-electron chi connectivity index (χ4n) is 2.90. The van der Waals surface area contributed by atoms with Gasteiger partial charge in [-0.15, -0.1) is 5.10 Å². The number of carbonyl (C=O) groups is 1. The zero-order chi connectivity index (χ0) is 22.3. The van der Waals surface area contributed by atoms with Crippen molar-refractivity contribution in [2.75, 3.05) is 11.9 Å². The van der Waals surface area contributed by atoms with E-state index in [1.54, 1.807) is 23.1 Å². The van der Waals surface area contributed by atoms with E-state index in [0.29, 0.717) is 29.7 Å². The maximum absolute atomic E-state index is 12.4. The lowest BCUT2D eigenvalue weighted by Gasteiger charge is -2.06. The first-order valence-electron chi connectivity index (χ1n) is 9.98. The number of aromatic nitrogens is 3. The fraction of sp³-hybridized carbons (Fsp3) is 0.174. The lowest BCUT2D eigenvalue weighted by molar-refractivity contribution is 0.0991. The predicted molar refractivity (Wildman–Crippen MR) is 119 cm³/mol. The van der Waals surface area contributed by atoms with Crippen LogP contribution in [0.2, 0.25) is 5.02 Å². The molecule has 4 rings (SSSR count). The summed E-state index contributed by atoms with van der Waals surface area (Å²) in [6.45, 7) is 3.23. The smallest absolute Gasteiger partial charge is 0.293 e. The molecule has 164 valence electrons. The number of nitrogens with zero attached hydrogens (tertiary/aromatic N) is 3. The zero-order valence-electron chi connectivity index (χ0n) is 17.3. The van der Waals surface area contributed by atoms with Gasteiger partial charge in [0.25, 0.3) is 5.91 Å². The summed E-state index contributed by atoms with van der Waals surface area (Å²) in [6.07, 6.45) is 1.54. The standard InChI is InChI=1S/C23H21ClN4O4/c1-2-30-18-7-9-19(10-8-18)31-14-20-11-12-21(32-20)22(29)26-23-25-15-28(27-23)13-16-3-5-17(24)6-4-16/h3-12,15H,2,13-14H2,1H3,(H,26,27,29). The molecule has 0 atom stereocenters. The molecule has 0 unspecified atom stereocenters. The monoisotopic (exact) mass is 452 g/mol. The number of amides is 1. The van der Waals surface area contributed by atoms with Gasteiger partial charge >= 0.3 is 0 Å². The Balaban J connectivity index is 1.30. The summed E-state index contributed by atoms with van der Waals surface area (Å²) in [5.74, 6) is 1.86. The number of ether oxygens (including phenoxy) is 2. The molecule has 32 heavy (non-hydrogen) atoms. The normalized spacial score (nSPS) is 10.7. The highest BCUT2D eigenvalue weighted by atomic mass is 35.5. The van der Waals surface area contributed by atoms with Crippen LogP contribution in [0.1, 0.15) is 28.8 Å². The van der Waals surface area contributed by atoms with Gasteiger partial charge in [-0.2, -0.15) is 0 Å². The molecule has 0 aliphatic rings. The van der Waals surface area contributed by atoms with Crippen LogP contribution in [0, 0.1) is 0 Å². The first-order chi connectivity index (χ1) is 15.6. The van der Waals surface area contributed by atoms with Crippen LogP contribution >= 0.6 is 11.6 Å². The number of rotatable bonds is 9. The molecule has 4 aromatic rings. The molecule has 2 heterocycles. The average molecular weight is 453 g/mol. The lowest BCUT2D eigenvalue weighted by Crippen LogP contribution is -2.12. The molecule has 0 bridgehead atoms. The summed E-state index contributed by atoms with van der Waals surface area (Å²) in [4.78, 5) is 16.6. The third-order valence-electron chi connectivity index (χ3n) is 4.42. The van der Waals surface area contributed by atoms with Crippen LogP contribution < -0.4 is 14.8 Å². The Bertz CT molecular complexity index is 1170. The Kier molecular flexibility index (Phi) is 6.72. The van der Waals surface area contributed by atoms with Crippen LogP contribution in [0.25, 0.3) is 0 Å². The minimum Gasteiger partial charge on any atom is -0.494 e. The van der Waals surface area contributed by atoms with Crippen molar-refractivity contribution in [2.24, 2.45) is 0 Å². The molecule has 0 aliphatic carbocycles. The molecule has 1 N–H and O–H groups in total. The summed E-state index contributed by atoms with van der Waals surface area (Å²) < 4.78 is 18.3. The lowest BCUT2D eigenvalue weighted by atomic mass is 10.2. The second kappa shape index (κ2) is 10.0. The highest BCUT2D eigenvalue weighted by Gasteiger charge is 2.14. The number of anilines is 1. The van der Waals surface area contributed by atoms with Crippen molar-refractivity contribution in [3.05, 3.63) is 89.1 Å². The summed E-state index contributed by atoms with van der Waals surface area (Å²) >= 11 is 5.90. The topological polar surface area (TPSA) is 91.4 Å². The molecule has 0 saturated carbocycles. The first-order valence-corrected chi connectivity index (χ1v) is 10.4. The molecular weight excluding hydrogens is 432 g/mol. The highest BCUT2D eigenvalue weighted by molar-refractivity contribution is 6.30. The summed E-state index contributed by atoms with van der Waals surface area (Å²) in [5.41, 5.74) is 1.01. The minimum atomic E-state index is -0.443. The van der Waals surface area contributed by atoms with Crippen LogP contribution in [0.4, 0.5) is 5.95 Å². The van der Waals surface area contributed by atoms with Crippen LogP contribution in [-0.2, 0) is 13.2 Å². The summed E-state index contributed by atoms with van der Waals surface area (Å²) in [6, 6.07) is 18.0. The first kappa shape index (κ1) is 21.5. The molecule has 0 saturated heterocycles. The Labute approximate surface area is 189 Å². The molecule has 1 amide bonds. The van der Waals surface area contributed by atoms with Crippen LogP contribution in [-0.4, -0.2) is 27.3 Å². The van der Waals surface area contributed by atoms with Crippen molar-refractivity contribution in [3.8, 4) is 11.5 Å². The maximum atomic E-state index is 12.4. The van der Waals surface area contributed by atoms with Gasteiger partial charge in [0, 0.05) is 5.02 Å². The third-order valence-corrected chi connectivity index (χ3v) is 4.67.